The molecule has 2 fully saturated rings. The Kier molecular flexibility index (Phi) is 4.79. The number of ketones is 1. The van der Waals surface area contributed by atoms with E-state index in [1.165, 1.54) is 38.9 Å². The molecule has 2 aliphatic rings. The summed E-state index contributed by atoms with van der Waals surface area (Å²) in [5.41, 5.74) is 0. The molecule has 2 rings (SSSR count). The molecule has 2 unspecified atom stereocenters. The summed E-state index contributed by atoms with van der Waals surface area (Å²) < 4.78 is 0. The van der Waals surface area contributed by atoms with Crippen LogP contribution in [0.3, 0.4) is 0 Å². The van der Waals surface area contributed by atoms with E-state index in [1.807, 2.05) is 0 Å². The van der Waals surface area contributed by atoms with E-state index >= 15 is 0 Å². The summed E-state index contributed by atoms with van der Waals surface area (Å²) >= 11 is 0. The third-order valence-corrected chi connectivity index (χ3v) is 4.94. The minimum absolute atomic E-state index is 0.229. The summed E-state index contributed by atoms with van der Waals surface area (Å²) in [4.78, 5) is 16.9. The molecule has 0 saturated carbocycles. The van der Waals surface area contributed by atoms with Crippen LogP contribution in [0.4, 0.5) is 0 Å². The predicted octanol–water partition coefficient (Wildman–Crippen LogP) is 2.16. The van der Waals surface area contributed by atoms with Crippen LogP contribution in [0.2, 0.25) is 0 Å². The highest BCUT2D eigenvalue weighted by Crippen LogP contribution is 2.26. The highest BCUT2D eigenvalue weighted by molar-refractivity contribution is 5.82. The summed E-state index contributed by atoms with van der Waals surface area (Å²) in [7, 11) is 0. The van der Waals surface area contributed by atoms with Crippen LogP contribution >= 0.6 is 0 Å². The van der Waals surface area contributed by atoms with Gasteiger partial charge < -0.3 is 4.90 Å². The van der Waals surface area contributed by atoms with Gasteiger partial charge in [0, 0.05) is 31.0 Å². The number of Topliss-reactive ketones (excluding diaryl/α,β-unsaturated/α-hetero) is 1. The molecule has 0 spiro atoms. The van der Waals surface area contributed by atoms with Gasteiger partial charge in [0.15, 0.2) is 0 Å². The topological polar surface area (TPSA) is 23.6 Å². The van der Waals surface area contributed by atoms with Gasteiger partial charge in [-0.2, -0.15) is 0 Å². The Labute approximate surface area is 112 Å². The molecular weight excluding hydrogens is 224 g/mol. The normalized spacial score (nSPS) is 32.9. The summed E-state index contributed by atoms with van der Waals surface area (Å²) in [6.45, 7) is 11.3. The third kappa shape index (κ3) is 2.94. The lowest BCUT2D eigenvalue weighted by molar-refractivity contribution is -0.129. The van der Waals surface area contributed by atoms with Gasteiger partial charge in [-0.3, -0.25) is 9.69 Å². The zero-order valence-electron chi connectivity index (χ0n) is 12.2. The van der Waals surface area contributed by atoms with Gasteiger partial charge in [-0.05, 0) is 45.8 Å². The molecule has 0 radical (unpaired) electrons. The van der Waals surface area contributed by atoms with Gasteiger partial charge in [0.2, 0.25) is 0 Å². The van der Waals surface area contributed by atoms with E-state index in [1.54, 1.807) is 0 Å². The van der Waals surface area contributed by atoms with Gasteiger partial charge in [0.05, 0.1) is 0 Å². The van der Waals surface area contributed by atoms with Crippen molar-refractivity contribution in [2.45, 2.75) is 58.5 Å². The lowest BCUT2D eigenvalue weighted by Gasteiger charge is -2.45. The molecule has 2 saturated heterocycles. The first-order valence-electron chi connectivity index (χ1n) is 7.64. The Hall–Kier alpha value is -0.410. The van der Waals surface area contributed by atoms with Crippen LogP contribution in [0.25, 0.3) is 0 Å². The van der Waals surface area contributed by atoms with Crippen LogP contribution in [0.5, 0.6) is 0 Å². The molecule has 0 aromatic heterocycles. The van der Waals surface area contributed by atoms with Crippen LogP contribution in [-0.2, 0) is 4.79 Å². The number of likely N-dealkylation sites (tertiary alicyclic amines) is 2. The molecule has 0 aromatic rings. The summed E-state index contributed by atoms with van der Waals surface area (Å²) in [6.07, 6.45) is 4.59. The lowest BCUT2D eigenvalue weighted by Crippen LogP contribution is -2.54. The molecule has 2 heterocycles. The fourth-order valence-corrected chi connectivity index (χ4v) is 3.53. The van der Waals surface area contributed by atoms with Crippen molar-refractivity contribution < 1.29 is 4.79 Å². The molecule has 2 aliphatic heterocycles. The molecule has 3 nitrogen and oxygen atoms in total. The highest BCUT2D eigenvalue weighted by atomic mass is 16.1. The Morgan fingerprint density at radius 3 is 2.44 bits per heavy atom. The summed E-state index contributed by atoms with van der Waals surface area (Å²) in [5, 5.41) is 0. The number of hydrogen-bond donors (Lipinski definition) is 0. The number of piperidine rings is 2. The maximum absolute atomic E-state index is 11.7. The zero-order chi connectivity index (χ0) is 13.1. The molecule has 2 atom stereocenters. The maximum Gasteiger partial charge on any atom is 0.138 e. The van der Waals surface area contributed by atoms with Crippen molar-refractivity contribution >= 4 is 5.78 Å². The van der Waals surface area contributed by atoms with Crippen molar-refractivity contribution in [2.75, 3.05) is 26.2 Å². The molecule has 0 bridgehead atoms. The van der Waals surface area contributed by atoms with Gasteiger partial charge in [-0.15, -0.1) is 0 Å². The molecule has 0 aliphatic carbocycles. The molecule has 0 aromatic carbocycles. The first-order valence-corrected chi connectivity index (χ1v) is 7.64. The fraction of sp³-hybridized carbons (Fsp3) is 0.933. The minimum atomic E-state index is 0.229. The van der Waals surface area contributed by atoms with E-state index in [4.69, 9.17) is 0 Å². The van der Waals surface area contributed by atoms with E-state index in [0.717, 1.165) is 13.0 Å². The monoisotopic (exact) mass is 252 g/mol. The average Bonchev–Trinajstić information content (AvgIpc) is 2.38. The highest BCUT2D eigenvalue weighted by Gasteiger charge is 2.35. The first kappa shape index (κ1) is 14.0. The van der Waals surface area contributed by atoms with Crippen molar-refractivity contribution in [1.29, 1.82) is 0 Å². The van der Waals surface area contributed by atoms with Crippen molar-refractivity contribution in [1.82, 2.24) is 9.80 Å². The molecular formula is C15H28N2O. The standard InChI is InChI=1S/C15H28N2O/c1-4-8-16-9-5-14(6-10-16)17-11-7-15(18)12(2)13(17)3/h12-14H,4-11H2,1-3H3. The SMILES string of the molecule is CCCN1CCC(N2CCC(=O)C(C)C2C)CC1. The van der Waals surface area contributed by atoms with E-state index in [9.17, 15) is 4.79 Å². The quantitative estimate of drug-likeness (QED) is 0.769. The van der Waals surface area contributed by atoms with Crippen molar-refractivity contribution in [3.63, 3.8) is 0 Å². The molecule has 18 heavy (non-hydrogen) atoms. The van der Waals surface area contributed by atoms with Gasteiger partial charge in [-0.1, -0.05) is 13.8 Å². The Balaban J connectivity index is 1.87. The maximum atomic E-state index is 11.7. The van der Waals surface area contributed by atoms with Crippen molar-refractivity contribution in [3.8, 4) is 0 Å². The van der Waals surface area contributed by atoms with Crippen LogP contribution in [-0.4, -0.2) is 53.8 Å². The van der Waals surface area contributed by atoms with Crippen molar-refractivity contribution in [2.24, 2.45) is 5.92 Å². The van der Waals surface area contributed by atoms with Gasteiger partial charge in [-0.25, -0.2) is 0 Å². The van der Waals surface area contributed by atoms with Gasteiger partial charge in [0.1, 0.15) is 5.78 Å². The van der Waals surface area contributed by atoms with E-state index in [-0.39, 0.29) is 5.92 Å². The second-order valence-corrected chi connectivity index (χ2v) is 6.06. The third-order valence-electron chi connectivity index (χ3n) is 4.94. The molecule has 104 valence electrons. The molecule has 0 amide bonds. The Morgan fingerprint density at radius 1 is 1.17 bits per heavy atom. The number of carbonyl (C=O) groups excluding carboxylic acids is 1. The van der Waals surface area contributed by atoms with E-state index < -0.39 is 0 Å². The van der Waals surface area contributed by atoms with Gasteiger partial charge >= 0.3 is 0 Å². The van der Waals surface area contributed by atoms with Crippen LogP contribution in [0.15, 0.2) is 0 Å². The smallest absolute Gasteiger partial charge is 0.138 e. The number of nitrogens with zero attached hydrogens (tertiary/aromatic N) is 2. The Bertz CT molecular complexity index is 284. The number of hydrogen-bond acceptors (Lipinski definition) is 3. The Morgan fingerprint density at radius 2 is 1.83 bits per heavy atom. The van der Waals surface area contributed by atoms with E-state index in [0.29, 0.717) is 17.9 Å². The van der Waals surface area contributed by atoms with Crippen LogP contribution in [0, 0.1) is 5.92 Å². The van der Waals surface area contributed by atoms with Gasteiger partial charge in [0.25, 0.3) is 0 Å². The lowest BCUT2D eigenvalue weighted by atomic mass is 9.88. The van der Waals surface area contributed by atoms with Crippen molar-refractivity contribution in [3.05, 3.63) is 0 Å². The number of rotatable bonds is 3. The van der Waals surface area contributed by atoms with E-state index in [2.05, 4.69) is 30.6 Å². The number of carbonyl (C=O) groups is 1. The summed E-state index contributed by atoms with van der Waals surface area (Å²) in [5.74, 6) is 0.689. The molecule has 0 N–H and O–H groups in total. The average molecular weight is 252 g/mol. The largest absolute Gasteiger partial charge is 0.303 e. The summed E-state index contributed by atoms with van der Waals surface area (Å²) in [6, 6.07) is 1.15. The second-order valence-electron chi connectivity index (χ2n) is 6.06. The predicted molar refractivity (Wildman–Crippen MR) is 74.7 cm³/mol. The zero-order valence-corrected chi connectivity index (χ0v) is 12.2. The van der Waals surface area contributed by atoms with Crippen LogP contribution < -0.4 is 0 Å². The van der Waals surface area contributed by atoms with Crippen LogP contribution in [0.1, 0.15) is 46.5 Å². The second kappa shape index (κ2) is 6.16. The fourth-order valence-electron chi connectivity index (χ4n) is 3.53. The minimum Gasteiger partial charge on any atom is -0.303 e. The first-order chi connectivity index (χ1) is 8.63. The molecule has 3 heteroatoms.